The van der Waals surface area contributed by atoms with Crippen LogP contribution in [0.1, 0.15) is 22.1 Å². The number of anilines is 2. The van der Waals surface area contributed by atoms with Crippen LogP contribution in [0, 0.1) is 0 Å². The number of hydrogen-bond donors (Lipinski definition) is 3. The molecule has 1 aromatic carbocycles. The zero-order chi connectivity index (χ0) is 19.2. The molecule has 9 heteroatoms. The Bertz CT molecular complexity index is 940. The average molecular weight is 365 g/mol. The Morgan fingerprint density at radius 2 is 1.93 bits per heavy atom. The first kappa shape index (κ1) is 18.1. The van der Waals surface area contributed by atoms with Gasteiger partial charge in [0.1, 0.15) is 6.04 Å². The fraction of sp³-hybridized carbons (Fsp3) is 0.167. The van der Waals surface area contributed by atoms with E-state index in [4.69, 9.17) is 5.73 Å². The Morgan fingerprint density at radius 1 is 1.19 bits per heavy atom. The molecule has 0 aliphatic rings. The highest BCUT2D eigenvalue weighted by atomic mass is 16.2. The smallest absolute Gasteiger partial charge is 0.278 e. The summed E-state index contributed by atoms with van der Waals surface area (Å²) in [6.07, 6.45) is 6.31. The molecule has 3 rings (SSSR count). The second-order valence-corrected chi connectivity index (χ2v) is 5.77. The quantitative estimate of drug-likeness (QED) is 0.599. The van der Waals surface area contributed by atoms with Gasteiger partial charge in [0, 0.05) is 32.1 Å². The first-order chi connectivity index (χ1) is 13.1. The fourth-order valence-electron chi connectivity index (χ4n) is 2.60. The molecule has 2 aromatic heterocycles. The first-order valence-corrected chi connectivity index (χ1v) is 8.26. The largest absolute Gasteiger partial charge is 0.382 e. The van der Waals surface area contributed by atoms with Gasteiger partial charge in [0.2, 0.25) is 5.91 Å². The molecule has 2 heterocycles. The third-order valence-electron chi connectivity index (χ3n) is 3.94. The fourth-order valence-corrected chi connectivity index (χ4v) is 2.60. The van der Waals surface area contributed by atoms with Crippen LogP contribution in [-0.2, 0) is 11.2 Å². The van der Waals surface area contributed by atoms with Crippen molar-refractivity contribution in [2.24, 2.45) is 0 Å². The number of nitrogens with zero attached hydrogens (tertiary/aromatic N) is 4. The summed E-state index contributed by atoms with van der Waals surface area (Å²) in [5, 5.41) is 9.53. The lowest BCUT2D eigenvalue weighted by molar-refractivity contribution is -0.124. The molecule has 0 spiro atoms. The Kier molecular flexibility index (Phi) is 5.41. The van der Waals surface area contributed by atoms with Crippen molar-refractivity contribution >= 4 is 23.3 Å². The van der Waals surface area contributed by atoms with Crippen molar-refractivity contribution in [3.05, 3.63) is 66.4 Å². The van der Waals surface area contributed by atoms with Gasteiger partial charge in [0.15, 0.2) is 11.5 Å². The lowest BCUT2D eigenvalue weighted by Crippen LogP contribution is -2.31. The number of carbonyl (C=O) groups excluding carboxylic acids is 2. The van der Waals surface area contributed by atoms with Crippen LogP contribution in [-0.4, -0.2) is 38.6 Å². The summed E-state index contributed by atoms with van der Waals surface area (Å²) in [5.41, 5.74) is 7.11. The van der Waals surface area contributed by atoms with Gasteiger partial charge in [-0.15, -0.1) is 0 Å². The van der Waals surface area contributed by atoms with E-state index in [1.165, 1.54) is 23.3 Å². The molecule has 1 atom stereocenters. The highest BCUT2D eigenvalue weighted by Gasteiger charge is 2.21. The molecule has 0 bridgehead atoms. The molecule has 0 saturated heterocycles. The number of nitrogens with two attached hydrogens (primary N) is 1. The van der Waals surface area contributed by atoms with Crippen molar-refractivity contribution in [2.75, 3.05) is 18.1 Å². The van der Waals surface area contributed by atoms with Gasteiger partial charge in [-0.3, -0.25) is 14.3 Å². The Labute approximate surface area is 155 Å². The third-order valence-corrected chi connectivity index (χ3v) is 3.94. The molecule has 0 saturated carbocycles. The van der Waals surface area contributed by atoms with Crippen molar-refractivity contribution in [1.82, 2.24) is 25.1 Å². The summed E-state index contributed by atoms with van der Waals surface area (Å²) in [5.74, 6) is -0.646. The van der Waals surface area contributed by atoms with E-state index in [-0.39, 0.29) is 17.4 Å². The maximum atomic E-state index is 12.3. The van der Waals surface area contributed by atoms with Crippen LogP contribution in [0.3, 0.4) is 0 Å². The van der Waals surface area contributed by atoms with E-state index in [9.17, 15) is 9.59 Å². The lowest BCUT2D eigenvalue weighted by Gasteiger charge is -2.16. The van der Waals surface area contributed by atoms with E-state index >= 15 is 0 Å². The number of aromatic nitrogens is 4. The number of nitrogen functional groups attached to an aromatic ring is 1. The average Bonchev–Trinajstić information content (AvgIpc) is 3.14. The van der Waals surface area contributed by atoms with Crippen LogP contribution in [0.5, 0.6) is 0 Å². The molecule has 1 unspecified atom stereocenters. The maximum Gasteiger partial charge on any atom is 0.278 e. The minimum Gasteiger partial charge on any atom is -0.382 e. The lowest BCUT2D eigenvalue weighted by atomic mass is 10.1. The maximum absolute atomic E-state index is 12.3. The number of likely N-dealkylation sites (N-methyl/N-ethyl adjacent to an activating group) is 1. The van der Waals surface area contributed by atoms with E-state index < -0.39 is 11.9 Å². The number of nitrogens with one attached hydrogen (secondary N) is 2. The zero-order valence-electron chi connectivity index (χ0n) is 14.7. The van der Waals surface area contributed by atoms with Crippen LogP contribution in [0.15, 0.2) is 55.1 Å². The molecule has 9 nitrogen and oxygen atoms in total. The van der Waals surface area contributed by atoms with Gasteiger partial charge < -0.3 is 16.4 Å². The van der Waals surface area contributed by atoms with E-state index in [1.807, 2.05) is 30.3 Å². The van der Waals surface area contributed by atoms with Gasteiger partial charge in [-0.25, -0.2) is 9.97 Å². The standard InChI is InChI=1S/C18H19N7O2/c1-20-17(26)14(9-12-5-3-2-4-6-12)25-11-13(10-23-25)24-18(27)15-16(19)22-8-7-21-15/h2-8,10-11,14H,9H2,1H3,(H2,19,22)(H,20,26)(H,24,27). The van der Waals surface area contributed by atoms with Crippen LogP contribution in [0.2, 0.25) is 0 Å². The van der Waals surface area contributed by atoms with E-state index in [1.54, 1.807) is 13.2 Å². The van der Waals surface area contributed by atoms with Crippen molar-refractivity contribution < 1.29 is 9.59 Å². The van der Waals surface area contributed by atoms with Crippen molar-refractivity contribution in [1.29, 1.82) is 0 Å². The Balaban J connectivity index is 1.78. The van der Waals surface area contributed by atoms with Crippen LogP contribution in [0.25, 0.3) is 0 Å². The monoisotopic (exact) mass is 365 g/mol. The molecule has 0 radical (unpaired) electrons. The molecule has 3 aromatic rings. The van der Waals surface area contributed by atoms with Crippen molar-refractivity contribution in [2.45, 2.75) is 12.5 Å². The second-order valence-electron chi connectivity index (χ2n) is 5.77. The molecule has 138 valence electrons. The van der Waals surface area contributed by atoms with Crippen molar-refractivity contribution in [3.63, 3.8) is 0 Å². The molecule has 4 N–H and O–H groups in total. The van der Waals surface area contributed by atoms with Gasteiger partial charge in [0.05, 0.1) is 11.9 Å². The summed E-state index contributed by atoms with van der Waals surface area (Å²) >= 11 is 0. The predicted octanol–water partition coefficient (Wildman–Crippen LogP) is 1.04. The summed E-state index contributed by atoms with van der Waals surface area (Å²) in [6.45, 7) is 0. The number of benzene rings is 1. The summed E-state index contributed by atoms with van der Waals surface area (Å²) < 4.78 is 1.52. The van der Waals surface area contributed by atoms with Gasteiger partial charge in [-0.1, -0.05) is 30.3 Å². The molecule has 0 aliphatic carbocycles. The van der Waals surface area contributed by atoms with Crippen LogP contribution >= 0.6 is 0 Å². The Hall–Kier alpha value is -3.75. The highest BCUT2D eigenvalue weighted by molar-refractivity contribution is 6.05. The number of carbonyl (C=O) groups is 2. The molecule has 0 aliphatic heterocycles. The summed E-state index contributed by atoms with van der Waals surface area (Å²) in [7, 11) is 1.57. The predicted molar refractivity (Wildman–Crippen MR) is 99.9 cm³/mol. The minimum absolute atomic E-state index is 0.0254. The molecule has 27 heavy (non-hydrogen) atoms. The van der Waals surface area contributed by atoms with Crippen molar-refractivity contribution in [3.8, 4) is 0 Å². The molecule has 0 fully saturated rings. The van der Waals surface area contributed by atoms with Crippen LogP contribution in [0.4, 0.5) is 11.5 Å². The van der Waals surface area contributed by atoms with Gasteiger partial charge in [0.25, 0.3) is 5.91 Å². The van der Waals surface area contributed by atoms with Gasteiger partial charge >= 0.3 is 0 Å². The third kappa shape index (κ3) is 4.27. The topological polar surface area (TPSA) is 128 Å². The van der Waals surface area contributed by atoms with E-state index in [2.05, 4.69) is 25.7 Å². The number of amides is 2. The second kappa shape index (κ2) is 8.09. The molecular weight excluding hydrogens is 346 g/mol. The minimum atomic E-state index is -0.551. The first-order valence-electron chi connectivity index (χ1n) is 8.26. The number of hydrogen-bond acceptors (Lipinski definition) is 6. The van der Waals surface area contributed by atoms with E-state index in [0.29, 0.717) is 12.1 Å². The van der Waals surface area contributed by atoms with Gasteiger partial charge in [-0.05, 0) is 5.56 Å². The Morgan fingerprint density at radius 3 is 2.63 bits per heavy atom. The summed E-state index contributed by atoms with van der Waals surface area (Å²) in [6, 6.07) is 9.08. The normalized spacial score (nSPS) is 11.6. The molecule has 2 amide bonds. The highest BCUT2D eigenvalue weighted by Crippen LogP contribution is 2.17. The summed E-state index contributed by atoms with van der Waals surface area (Å²) in [4.78, 5) is 32.4. The van der Waals surface area contributed by atoms with Crippen LogP contribution < -0.4 is 16.4 Å². The number of rotatable bonds is 6. The zero-order valence-corrected chi connectivity index (χ0v) is 14.7. The van der Waals surface area contributed by atoms with E-state index in [0.717, 1.165) is 5.56 Å². The molecular formula is C18H19N7O2. The van der Waals surface area contributed by atoms with Gasteiger partial charge in [-0.2, -0.15) is 5.10 Å². The SMILES string of the molecule is CNC(=O)C(Cc1ccccc1)n1cc(NC(=O)c2nccnc2N)cn1.